The highest BCUT2D eigenvalue weighted by Crippen LogP contribution is 2.71. The maximum atomic E-state index is 11.1. The van der Waals surface area contributed by atoms with Crippen molar-refractivity contribution < 1.29 is 4.79 Å². The number of carbonyl (C=O) groups excluding carboxylic acids is 1. The molecule has 0 spiro atoms. The molecule has 2 fully saturated rings. The van der Waals surface area contributed by atoms with Crippen molar-refractivity contribution in [3.05, 3.63) is 0 Å². The number of rotatable bonds is 0. The van der Waals surface area contributed by atoms with E-state index in [1.807, 2.05) is 0 Å². The number of hydrogen-bond acceptors (Lipinski definition) is 1. The fourth-order valence-electron chi connectivity index (χ4n) is 2.64. The molecule has 1 aliphatic carbocycles. The molecule has 2 heteroatoms. The van der Waals surface area contributed by atoms with Crippen molar-refractivity contribution >= 4 is 5.91 Å². The Labute approximate surface area is 67.4 Å². The Hall–Kier alpha value is -0.530. The minimum absolute atomic E-state index is 0.231. The lowest BCUT2D eigenvalue weighted by Gasteiger charge is -2.17. The summed E-state index contributed by atoms with van der Waals surface area (Å²) in [5, 5.41) is 2.92. The molecule has 0 aromatic rings. The molecule has 2 atom stereocenters. The molecule has 1 saturated heterocycles. The summed E-state index contributed by atoms with van der Waals surface area (Å²) in [5.74, 6) is 0.946. The van der Waals surface area contributed by atoms with E-state index < -0.39 is 0 Å². The molecule has 2 aliphatic rings. The molecular formula is C9H15NO. The van der Waals surface area contributed by atoms with Gasteiger partial charge in [0.15, 0.2) is 0 Å². The van der Waals surface area contributed by atoms with Crippen LogP contribution in [0.15, 0.2) is 0 Å². The van der Waals surface area contributed by atoms with E-state index in [0.717, 1.165) is 13.0 Å². The molecule has 2 nitrogen and oxygen atoms in total. The number of carbonyl (C=O) groups is 1. The van der Waals surface area contributed by atoms with Gasteiger partial charge < -0.3 is 5.32 Å². The number of fused-ring (bicyclic) bond motifs is 1. The van der Waals surface area contributed by atoms with Gasteiger partial charge in [0.2, 0.25) is 5.91 Å². The van der Waals surface area contributed by atoms with Gasteiger partial charge in [0.1, 0.15) is 0 Å². The van der Waals surface area contributed by atoms with Crippen LogP contribution in [0, 0.1) is 16.7 Å². The minimum atomic E-state index is 0.231. The third-order valence-corrected chi connectivity index (χ3v) is 4.06. The molecule has 1 aliphatic heterocycles. The Kier molecular flexibility index (Phi) is 1.05. The Morgan fingerprint density at radius 3 is 2.55 bits per heavy atom. The zero-order chi connectivity index (χ0) is 8.28. The van der Waals surface area contributed by atoms with E-state index >= 15 is 0 Å². The van der Waals surface area contributed by atoms with Crippen molar-refractivity contribution in [2.45, 2.75) is 27.2 Å². The predicted octanol–water partition coefficient (Wildman–Crippen LogP) is 1.17. The van der Waals surface area contributed by atoms with Gasteiger partial charge in [0.25, 0.3) is 0 Å². The number of hydrogen-bond donors (Lipinski definition) is 1. The highest BCUT2D eigenvalue weighted by molar-refractivity contribution is 5.79. The van der Waals surface area contributed by atoms with Gasteiger partial charge in [-0.15, -0.1) is 0 Å². The molecule has 11 heavy (non-hydrogen) atoms. The largest absolute Gasteiger partial charge is 0.356 e. The first-order valence-electron chi connectivity index (χ1n) is 4.25. The van der Waals surface area contributed by atoms with Gasteiger partial charge in [0.05, 0.1) is 0 Å². The number of piperidine rings is 1. The molecule has 0 aromatic carbocycles. The first-order valence-corrected chi connectivity index (χ1v) is 4.25. The smallest absolute Gasteiger partial charge is 0.220 e. The fraction of sp³-hybridized carbons (Fsp3) is 0.889. The Balaban J connectivity index is 2.23. The van der Waals surface area contributed by atoms with Crippen LogP contribution in [0.5, 0.6) is 0 Å². The molecule has 62 valence electrons. The summed E-state index contributed by atoms with van der Waals surface area (Å²) in [6.07, 6.45) is 0.727. The van der Waals surface area contributed by atoms with Crippen LogP contribution in [0.3, 0.4) is 0 Å². The van der Waals surface area contributed by atoms with Crippen molar-refractivity contribution in [2.75, 3.05) is 6.54 Å². The van der Waals surface area contributed by atoms with Crippen LogP contribution in [-0.4, -0.2) is 12.5 Å². The summed E-state index contributed by atoms with van der Waals surface area (Å²) in [5.41, 5.74) is 0.682. The van der Waals surface area contributed by atoms with Crippen LogP contribution in [0.2, 0.25) is 0 Å². The van der Waals surface area contributed by atoms with Crippen LogP contribution < -0.4 is 5.32 Å². The van der Waals surface area contributed by atoms with Gasteiger partial charge in [0, 0.05) is 13.0 Å². The highest BCUT2D eigenvalue weighted by atomic mass is 16.1. The lowest BCUT2D eigenvalue weighted by Crippen LogP contribution is -2.33. The van der Waals surface area contributed by atoms with Crippen LogP contribution >= 0.6 is 0 Å². The van der Waals surface area contributed by atoms with E-state index in [0.29, 0.717) is 16.7 Å². The number of nitrogens with one attached hydrogen (secondary N) is 1. The van der Waals surface area contributed by atoms with Crippen molar-refractivity contribution in [1.29, 1.82) is 0 Å². The summed E-state index contributed by atoms with van der Waals surface area (Å²) < 4.78 is 0. The molecular weight excluding hydrogens is 138 g/mol. The van der Waals surface area contributed by atoms with E-state index in [4.69, 9.17) is 0 Å². The lowest BCUT2D eigenvalue weighted by atomic mass is 9.93. The van der Waals surface area contributed by atoms with Gasteiger partial charge in [-0.2, -0.15) is 0 Å². The van der Waals surface area contributed by atoms with E-state index in [1.54, 1.807) is 0 Å². The van der Waals surface area contributed by atoms with Crippen LogP contribution in [0.4, 0.5) is 0 Å². The van der Waals surface area contributed by atoms with Gasteiger partial charge >= 0.3 is 0 Å². The molecule has 1 N–H and O–H groups in total. The molecule has 1 saturated carbocycles. The van der Waals surface area contributed by atoms with E-state index in [9.17, 15) is 4.79 Å². The number of amides is 1. The average Bonchev–Trinajstić information content (AvgIpc) is 2.26. The maximum absolute atomic E-state index is 11.1. The van der Waals surface area contributed by atoms with Crippen molar-refractivity contribution in [3.8, 4) is 0 Å². The van der Waals surface area contributed by atoms with Gasteiger partial charge in [-0.05, 0) is 16.7 Å². The van der Waals surface area contributed by atoms with Crippen LogP contribution in [-0.2, 0) is 4.79 Å². The van der Waals surface area contributed by atoms with Crippen molar-refractivity contribution in [2.24, 2.45) is 16.7 Å². The fourth-order valence-corrected chi connectivity index (χ4v) is 2.64. The summed E-state index contributed by atoms with van der Waals surface area (Å²) in [6.45, 7) is 7.65. The monoisotopic (exact) mass is 153 g/mol. The third-order valence-electron chi connectivity index (χ3n) is 4.06. The van der Waals surface area contributed by atoms with E-state index in [-0.39, 0.29) is 5.91 Å². The normalized spacial score (nSPS) is 46.1. The second-order valence-electron chi connectivity index (χ2n) is 4.67. The average molecular weight is 153 g/mol. The molecule has 0 aromatic heterocycles. The summed E-state index contributed by atoms with van der Waals surface area (Å²) in [4.78, 5) is 11.1. The molecule has 0 radical (unpaired) electrons. The Morgan fingerprint density at radius 1 is 1.45 bits per heavy atom. The lowest BCUT2D eigenvalue weighted by molar-refractivity contribution is -0.123. The van der Waals surface area contributed by atoms with E-state index in [2.05, 4.69) is 26.1 Å². The Morgan fingerprint density at radius 2 is 2.09 bits per heavy atom. The third kappa shape index (κ3) is 0.652. The zero-order valence-electron chi connectivity index (χ0n) is 7.40. The van der Waals surface area contributed by atoms with Gasteiger partial charge in [-0.3, -0.25) is 4.79 Å². The quantitative estimate of drug-likeness (QED) is 0.556. The SMILES string of the molecule is CC1(C)C2CNC(=O)CC21C. The Bertz CT molecular complexity index is 222. The van der Waals surface area contributed by atoms with Crippen LogP contribution in [0.1, 0.15) is 27.2 Å². The van der Waals surface area contributed by atoms with Crippen molar-refractivity contribution in [3.63, 3.8) is 0 Å². The zero-order valence-corrected chi connectivity index (χ0v) is 7.40. The molecule has 0 bridgehead atoms. The summed E-state index contributed by atoms with van der Waals surface area (Å²) >= 11 is 0. The summed E-state index contributed by atoms with van der Waals surface area (Å²) in [6, 6.07) is 0. The summed E-state index contributed by atoms with van der Waals surface area (Å²) in [7, 11) is 0. The van der Waals surface area contributed by atoms with Gasteiger partial charge in [-0.1, -0.05) is 20.8 Å². The first kappa shape index (κ1) is 7.14. The standard InChI is InChI=1S/C9H15NO/c1-8(2)6-5-10-7(11)4-9(6,8)3/h6H,4-5H2,1-3H3,(H,10,11). The molecule has 2 rings (SSSR count). The highest BCUT2D eigenvalue weighted by Gasteiger charge is 2.69. The molecule has 1 heterocycles. The predicted molar refractivity (Wildman–Crippen MR) is 43.0 cm³/mol. The maximum Gasteiger partial charge on any atom is 0.220 e. The minimum Gasteiger partial charge on any atom is -0.356 e. The second kappa shape index (κ2) is 1.62. The van der Waals surface area contributed by atoms with Crippen molar-refractivity contribution in [1.82, 2.24) is 5.32 Å². The first-order chi connectivity index (χ1) is 4.98. The molecule has 2 unspecified atom stereocenters. The van der Waals surface area contributed by atoms with Crippen LogP contribution in [0.25, 0.3) is 0 Å². The van der Waals surface area contributed by atoms with E-state index in [1.165, 1.54) is 0 Å². The topological polar surface area (TPSA) is 29.1 Å². The van der Waals surface area contributed by atoms with Gasteiger partial charge in [-0.25, -0.2) is 0 Å². The second-order valence-corrected chi connectivity index (χ2v) is 4.67. The molecule has 1 amide bonds.